The van der Waals surface area contributed by atoms with Crippen LogP contribution < -0.4 is 10.6 Å². The molecule has 0 aromatic rings. The lowest BCUT2D eigenvalue weighted by Crippen LogP contribution is -2.60. The van der Waals surface area contributed by atoms with Gasteiger partial charge in [0.15, 0.2) is 0 Å². The fourth-order valence-corrected chi connectivity index (χ4v) is 1.52. The van der Waals surface area contributed by atoms with Gasteiger partial charge in [0.2, 0.25) is 5.91 Å². The summed E-state index contributed by atoms with van der Waals surface area (Å²) in [6, 6.07) is 0. The highest BCUT2D eigenvalue weighted by Gasteiger charge is 2.45. The third kappa shape index (κ3) is 2.79. The lowest BCUT2D eigenvalue weighted by atomic mass is 9.77. The normalized spacial score (nSPS) is 17.6. The summed E-state index contributed by atoms with van der Waals surface area (Å²) in [6.07, 6.45) is 3.54. The quantitative estimate of drug-likeness (QED) is 0.424. The second-order valence-electron chi connectivity index (χ2n) is 3.71. The first kappa shape index (κ1) is 11.7. The van der Waals surface area contributed by atoms with Crippen LogP contribution in [0.25, 0.3) is 0 Å². The van der Waals surface area contributed by atoms with E-state index >= 15 is 0 Å². The monoisotopic (exact) mass is 212 g/mol. The highest BCUT2D eigenvalue weighted by molar-refractivity contribution is 5.88. The van der Waals surface area contributed by atoms with Crippen LogP contribution in [0, 0.1) is 0 Å². The Labute approximate surface area is 88.5 Å². The minimum Gasteiger partial charge on any atom is -0.480 e. The van der Waals surface area contributed by atoms with Gasteiger partial charge in [-0.25, -0.2) is 4.79 Å². The van der Waals surface area contributed by atoms with Gasteiger partial charge in [0.05, 0.1) is 6.54 Å². The van der Waals surface area contributed by atoms with Gasteiger partial charge in [0.1, 0.15) is 5.54 Å². The SMILES string of the molecule is C=CCNCC(=O)NC1(C(=O)O)CCC1. The second-order valence-corrected chi connectivity index (χ2v) is 3.71. The van der Waals surface area contributed by atoms with Crippen LogP contribution >= 0.6 is 0 Å². The number of carboxylic acids is 1. The third-order valence-corrected chi connectivity index (χ3v) is 2.57. The summed E-state index contributed by atoms with van der Waals surface area (Å²) in [7, 11) is 0. The Hall–Kier alpha value is -1.36. The maximum absolute atomic E-state index is 11.4. The smallest absolute Gasteiger partial charge is 0.329 e. The first-order valence-electron chi connectivity index (χ1n) is 4.97. The van der Waals surface area contributed by atoms with E-state index in [1.807, 2.05) is 0 Å². The molecule has 1 fully saturated rings. The van der Waals surface area contributed by atoms with Gasteiger partial charge in [-0.3, -0.25) is 4.79 Å². The van der Waals surface area contributed by atoms with Gasteiger partial charge in [0.25, 0.3) is 0 Å². The molecule has 3 N–H and O–H groups in total. The maximum Gasteiger partial charge on any atom is 0.329 e. The lowest BCUT2D eigenvalue weighted by molar-refractivity contribution is -0.151. The molecule has 0 heterocycles. The van der Waals surface area contributed by atoms with Crippen molar-refractivity contribution in [2.75, 3.05) is 13.1 Å². The number of hydrogen-bond donors (Lipinski definition) is 3. The molecular weight excluding hydrogens is 196 g/mol. The molecule has 0 aromatic carbocycles. The Balaban J connectivity index is 2.35. The van der Waals surface area contributed by atoms with Gasteiger partial charge < -0.3 is 15.7 Å². The van der Waals surface area contributed by atoms with Crippen molar-refractivity contribution >= 4 is 11.9 Å². The number of carbonyl (C=O) groups is 2. The number of nitrogens with one attached hydrogen (secondary N) is 2. The molecule has 0 bridgehead atoms. The van der Waals surface area contributed by atoms with Crippen molar-refractivity contribution in [2.45, 2.75) is 24.8 Å². The van der Waals surface area contributed by atoms with Crippen LogP contribution in [0.4, 0.5) is 0 Å². The van der Waals surface area contributed by atoms with Crippen LogP contribution in [-0.2, 0) is 9.59 Å². The zero-order valence-corrected chi connectivity index (χ0v) is 8.58. The van der Waals surface area contributed by atoms with Crippen molar-refractivity contribution in [1.82, 2.24) is 10.6 Å². The van der Waals surface area contributed by atoms with Crippen molar-refractivity contribution in [3.05, 3.63) is 12.7 Å². The third-order valence-electron chi connectivity index (χ3n) is 2.57. The standard InChI is InChI=1S/C10H16N2O3/c1-2-6-11-7-8(13)12-10(9(14)15)4-3-5-10/h2,11H,1,3-7H2,(H,12,13)(H,14,15). The van der Waals surface area contributed by atoms with Crippen molar-refractivity contribution in [3.8, 4) is 0 Å². The van der Waals surface area contributed by atoms with E-state index in [1.165, 1.54) is 0 Å². The predicted octanol–water partition coefficient (Wildman–Crippen LogP) is -0.115. The van der Waals surface area contributed by atoms with E-state index in [2.05, 4.69) is 17.2 Å². The van der Waals surface area contributed by atoms with E-state index in [9.17, 15) is 9.59 Å². The van der Waals surface area contributed by atoms with Crippen LogP contribution in [0.15, 0.2) is 12.7 Å². The van der Waals surface area contributed by atoms with E-state index in [4.69, 9.17) is 5.11 Å². The Bertz CT molecular complexity index is 272. The molecular formula is C10H16N2O3. The summed E-state index contributed by atoms with van der Waals surface area (Å²) < 4.78 is 0. The topological polar surface area (TPSA) is 78.4 Å². The Kier molecular flexibility index (Phi) is 3.85. The van der Waals surface area contributed by atoms with Crippen LogP contribution in [-0.4, -0.2) is 35.6 Å². The van der Waals surface area contributed by atoms with Crippen LogP contribution in [0.1, 0.15) is 19.3 Å². The summed E-state index contributed by atoms with van der Waals surface area (Å²) in [6.45, 7) is 4.16. The number of rotatable bonds is 6. The molecule has 1 aliphatic carbocycles. The van der Waals surface area contributed by atoms with Crippen molar-refractivity contribution in [2.24, 2.45) is 0 Å². The van der Waals surface area contributed by atoms with Crippen molar-refractivity contribution < 1.29 is 14.7 Å². The highest BCUT2D eigenvalue weighted by Crippen LogP contribution is 2.31. The van der Waals surface area contributed by atoms with Crippen molar-refractivity contribution in [3.63, 3.8) is 0 Å². The van der Waals surface area contributed by atoms with Crippen LogP contribution in [0.3, 0.4) is 0 Å². The van der Waals surface area contributed by atoms with Gasteiger partial charge in [-0.1, -0.05) is 6.08 Å². The molecule has 1 rings (SSSR count). The number of hydrogen-bond acceptors (Lipinski definition) is 3. The summed E-state index contributed by atoms with van der Waals surface area (Å²) in [5.74, 6) is -1.22. The van der Waals surface area contributed by atoms with Gasteiger partial charge in [-0.2, -0.15) is 0 Å². The second kappa shape index (κ2) is 4.93. The Morgan fingerprint density at radius 2 is 2.13 bits per heavy atom. The molecule has 0 unspecified atom stereocenters. The molecule has 5 nitrogen and oxygen atoms in total. The highest BCUT2D eigenvalue weighted by atomic mass is 16.4. The molecule has 5 heteroatoms. The largest absolute Gasteiger partial charge is 0.480 e. The number of amides is 1. The number of aliphatic carboxylic acids is 1. The first-order chi connectivity index (χ1) is 7.10. The van der Waals surface area contributed by atoms with E-state index in [-0.39, 0.29) is 12.5 Å². The van der Waals surface area contributed by atoms with E-state index in [1.54, 1.807) is 6.08 Å². The summed E-state index contributed by atoms with van der Waals surface area (Å²) in [5.41, 5.74) is -1.01. The van der Waals surface area contributed by atoms with Gasteiger partial charge in [0, 0.05) is 6.54 Å². The summed E-state index contributed by atoms with van der Waals surface area (Å²) in [4.78, 5) is 22.3. The number of carboxylic acid groups (broad SMARTS) is 1. The zero-order chi connectivity index (χ0) is 11.3. The van der Waals surface area contributed by atoms with Crippen molar-refractivity contribution in [1.29, 1.82) is 0 Å². The first-order valence-corrected chi connectivity index (χ1v) is 4.97. The molecule has 1 amide bonds. The van der Waals surface area contributed by atoms with E-state index in [0.29, 0.717) is 19.4 Å². The molecule has 0 spiro atoms. The minimum atomic E-state index is -1.01. The molecule has 15 heavy (non-hydrogen) atoms. The molecule has 1 aliphatic rings. The predicted molar refractivity (Wildman–Crippen MR) is 55.4 cm³/mol. The molecule has 84 valence electrons. The molecule has 0 aliphatic heterocycles. The minimum absolute atomic E-state index is 0.126. The molecule has 0 radical (unpaired) electrons. The van der Waals surface area contributed by atoms with Gasteiger partial charge >= 0.3 is 5.97 Å². The summed E-state index contributed by atoms with van der Waals surface area (Å²) in [5, 5.41) is 14.3. The zero-order valence-electron chi connectivity index (χ0n) is 8.58. The lowest BCUT2D eigenvalue weighted by Gasteiger charge is -2.38. The van der Waals surface area contributed by atoms with Crippen LogP contribution in [0.5, 0.6) is 0 Å². The average Bonchev–Trinajstić information content (AvgIpc) is 2.11. The van der Waals surface area contributed by atoms with Gasteiger partial charge in [-0.15, -0.1) is 6.58 Å². The van der Waals surface area contributed by atoms with E-state index < -0.39 is 11.5 Å². The molecule has 0 atom stereocenters. The molecule has 0 saturated heterocycles. The number of carbonyl (C=O) groups excluding carboxylic acids is 1. The average molecular weight is 212 g/mol. The fourth-order valence-electron chi connectivity index (χ4n) is 1.52. The van der Waals surface area contributed by atoms with Crippen LogP contribution in [0.2, 0.25) is 0 Å². The van der Waals surface area contributed by atoms with E-state index in [0.717, 1.165) is 6.42 Å². The molecule has 0 aromatic heterocycles. The summed E-state index contributed by atoms with van der Waals surface area (Å²) >= 11 is 0. The van der Waals surface area contributed by atoms with Gasteiger partial charge in [-0.05, 0) is 19.3 Å². The Morgan fingerprint density at radius 3 is 2.53 bits per heavy atom. The Morgan fingerprint density at radius 1 is 1.47 bits per heavy atom. The maximum atomic E-state index is 11.4. The fraction of sp³-hybridized carbons (Fsp3) is 0.600. The molecule has 1 saturated carbocycles.